The average Bonchev–Trinajstić information content (AvgIpc) is 3.05. The molecule has 2 unspecified atom stereocenters. The van der Waals surface area contributed by atoms with Crippen LogP contribution in [-0.2, 0) is 12.8 Å². The fourth-order valence-electron chi connectivity index (χ4n) is 7.31. The van der Waals surface area contributed by atoms with Crippen molar-refractivity contribution >= 4 is 11.4 Å². The topological polar surface area (TPSA) is 52.0 Å². The second kappa shape index (κ2) is 18.6. The van der Waals surface area contributed by atoms with Gasteiger partial charge in [-0.25, -0.2) is 0 Å². The van der Waals surface area contributed by atoms with Crippen LogP contribution < -0.4 is 11.5 Å². The van der Waals surface area contributed by atoms with E-state index in [-0.39, 0.29) is 0 Å². The average molecular weight is 617 g/mol. The van der Waals surface area contributed by atoms with Crippen LogP contribution in [0.2, 0.25) is 0 Å². The first kappa shape index (κ1) is 35.3. The number of nitrogen functional groups attached to an aromatic ring is 2. The van der Waals surface area contributed by atoms with Crippen LogP contribution in [0.5, 0.6) is 0 Å². The minimum Gasteiger partial charge on any atom is -0.399 e. The van der Waals surface area contributed by atoms with E-state index in [0.29, 0.717) is 11.8 Å². The molecule has 4 rings (SSSR count). The van der Waals surface area contributed by atoms with Gasteiger partial charge in [0.1, 0.15) is 0 Å². The molecule has 2 atom stereocenters. The van der Waals surface area contributed by atoms with E-state index in [0.717, 1.165) is 11.4 Å². The molecule has 46 heavy (non-hydrogen) atoms. The van der Waals surface area contributed by atoms with Crippen LogP contribution >= 0.6 is 0 Å². The summed E-state index contributed by atoms with van der Waals surface area (Å²) in [5, 5.41) is 0. The van der Waals surface area contributed by atoms with Crippen LogP contribution in [0, 0.1) is 13.8 Å². The summed E-state index contributed by atoms with van der Waals surface area (Å²) in [4.78, 5) is 0. The van der Waals surface area contributed by atoms with Crippen LogP contribution in [0.4, 0.5) is 11.4 Å². The highest BCUT2D eigenvalue weighted by atomic mass is 14.5. The quantitative estimate of drug-likeness (QED) is 0.0813. The molecule has 0 saturated heterocycles. The van der Waals surface area contributed by atoms with Crippen molar-refractivity contribution in [3.63, 3.8) is 0 Å². The van der Waals surface area contributed by atoms with E-state index in [4.69, 9.17) is 11.5 Å². The Balaban J connectivity index is 1.10. The summed E-state index contributed by atoms with van der Waals surface area (Å²) >= 11 is 0. The van der Waals surface area contributed by atoms with E-state index in [9.17, 15) is 0 Å². The molecule has 0 amide bonds. The monoisotopic (exact) mass is 616 g/mol. The number of rotatable bonds is 19. The molecule has 0 saturated carbocycles. The summed E-state index contributed by atoms with van der Waals surface area (Å²) in [6.45, 7) is 8.94. The number of aryl methyl sites for hydroxylation is 4. The van der Waals surface area contributed by atoms with Gasteiger partial charge in [0.15, 0.2) is 0 Å². The van der Waals surface area contributed by atoms with Gasteiger partial charge in [-0.05, 0) is 121 Å². The molecule has 4 N–H and O–H groups in total. The molecule has 0 heterocycles. The van der Waals surface area contributed by atoms with Gasteiger partial charge in [-0.2, -0.15) is 0 Å². The zero-order valence-corrected chi connectivity index (χ0v) is 29.3. The molecule has 0 radical (unpaired) electrons. The van der Waals surface area contributed by atoms with Gasteiger partial charge in [0.25, 0.3) is 0 Å². The van der Waals surface area contributed by atoms with E-state index in [2.05, 4.69) is 100 Å². The number of benzene rings is 4. The Morgan fingerprint density at radius 2 is 0.804 bits per heavy atom. The molecular formula is C44H60N2. The van der Waals surface area contributed by atoms with Gasteiger partial charge in [-0.1, -0.05) is 126 Å². The summed E-state index contributed by atoms with van der Waals surface area (Å²) in [7, 11) is 0. The first-order valence-electron chi connectivity index (χ1n) is 18.3. The van der Waals surface area contributed by atoms with E-state index in [1.54, 1.807) is 0 Å². The van der Waals surface area contributed by atoms with Crippen molar-refractivity contribution in [3.05, 3.63) is 129 Å². The zero-order valence-electron chi connectivity index (χ0n) is 29.3. The lowest BCUT2D eigenvalue weighted by atomic mass is 9.84. The van der Waals surface area contributed by atoms with Crippen LogP contribution in [0.1, 0.15) is 147 Å². The van der Waals surface area contributed by atoms with Gasteiger partial charge in [-0.3, -0.25) is 0 Å². The van der Waals surface area contributed by atoms with E-state index < -0.39 is 0 Å². The molecule has 0 aliphatic rings. The highest BCUT2D eigenvalue weighted by molar-refractivity contribution is 5.49. The number of nitrogens with two attached hydrogens (primary N) is 2. The second-order valence-corrected chi connectivity index (χ2v) is 13.7. The number of anilines is 2. The van der Waals surface area contributed by atoms with Crippen LogP contribution in [0.25, 0.3) is 0 Å². The summed E-state index contributed by atoms with van der Waals surface area (Å²) in [6, 6.07) is 31.7. The molecule has 0 aliphatic heterocycles. The predicted molar refractivity (Wildman–Crippen MR) is 202 cm³/mol. The molecule has 0 aliphatic carbocycles. The van der Waals surface area contributed by atoms with Gasteiger partial charge in [0.2, 0.25) is 0 Å². The Morgan fingerprint density at radius 1 is 0.457 bits per heavy atom. The Labute approximate surface area is 281 Å². The van der Waals surface area contributed by atoms with E-state index in [1.165, 1.54) is 134 Å². The van der Waals surface area contributed by atoms with Crippen molar-refractivity contribution in [1.82, 2.24) is 0 Å². The Morgan fingerprint density at radius 3 is 1.13 bits per heavy atom. The van der Waals surface area contributed by atoms with Gasteiger partial charge in [-0.15, -0.1) is 0 Å². The maximum Gasteiger partial charge on any atom is 0.0316 e. The van der Waals surface area contributed by atoms with Gasteiger partial charge >= 0.3 is 0 Å². The largest absolute Gasteiger partial charge is 0.399 e. The van der Waals surface area contributed by atoms with E-state index in [1.807, 2.05) is 12.1 Å². The third kappa shape index (κ3) is 10.5. The van der Waals surface area contributed by atoms with Crippen molar-refractivity contribution in [2.24, 2.45) is 0 Å². The fourth-order valence-corrected chi connectivity index (χ4v) is 7.31. The lowest BCUT2D eigenvalue weighted by Gasteiger charge is -2.20. The standard InChI is InChI=1S/C44H60N2/c1-5-15-43(41-29-27-39(45)31-33(41)3)37-23-19-35(20-24-37)17-13-11-9-7-8-10-12-14-18-36-21-25-38(26-22-36)44(16-6-2)42-30-28-40(46)32-34(42)4/h19-32,43-44H,5-18,45-46H2,1-4H3. The molecule has 0 aromatic heterocycles. The molecule has 4 aromatic carbocycles. The fraction of sp³-hybridized carbons (Fsp3) is 0.455. The van der Waals surface area contributed by atoms with Crippen molar-refractivity contribution in [2.75, 3.05) is 11.5 Å². The minimum atomic E-state index is 0.453. The zero-order chi connectivity index (χ0) is 32.7. The van der Waals surface area contributed by atoms with Gasteiger partial charge < -0.3 is 11.5 Å². The minimum absolute atomic E-state index is 0.453. The number of unbranched alkanes of at least 4 members (excludes halogenated alkanes) is 7. The highest BCUT2D eigenvalue weighted by Gasteiger charge is 2.17. The Bertz CT molecular complexity index is 1340. The maximum absolute atomic E-state index is 6.02. The molecule has 4 aromatic rings. The first-order chi connectivity index (χ1) is 22.4. The van der Waals surface area contributed by atoms with Crippen molar-refractivity contribution in [3.8, 4) is 0 Å². The SMILES string of the molecule is CCCC(c1ccc(CCCCCCCCCCc2ccc(C(CCC)c3ccc(N)cc3C)cc2)cc1)c1ccc(N)cc1C. The third-order valence-electron chi connectivity index (χ3n) is 9.94. The molecular weight excluding hydrogens is 556 g/mol. The van der Waals surface area contributed by atoms with E-state index >= 15 is 0 Å². The molecule has 246 valence electrons. The lowest BCUT2D eigenvalue weighted by Crippen LogP contribution is -2.04. The summed E-state index contributed by atoms with van der Waals surface area (Å²) < 4.78 is 0. The summed E-state index contributed by atoms with van der Waals surface area (Å²) in [5.74, 6) is 0.905. The predicted octanol–water partition coefficient (Wildman–Crippen LogP) is 12.2. The summed E-state index contributed by atoms with van der Waals surface area (Å²) in [6.07, 6.45) is 17.8. The molecule has 2 heteroatoms. The first-order valence-corrected chi connectivity index (χ1v) is 18.3. The third-order valence-corrected chi connectivity index (χ3v) is 9.94. The molecule has 0 fully saturated rings. The lowest BCUT2D eigenvalue weighted by molar-refractivity contribution is 0.567. The smallest absolute Gasteiger partial charge is 0.0316 e. The van der Waals surface area contributed by atoms with Crippen LogP contribution in [-0.4, -0.2) is 0 Å². The van der Waals surface area contributed by atoms with Crippen molar-refractivity contribution in [2.45, 2.75) is 129 Å². The van der Waals surface area contributed by atoms with Crippen LogP contribution in [0.15, 0.2) is 84.9 Å². The van der Waals surface area contributed by atoms with Crippen LogP contribution in [0.3, 0.4) is 0 Å². The van der Waals surface area contributed by atoms with Gasteiger partial charge in [0.05, 0.1) is 0 Å². The Hall–Kier alpha value is -3.52. The van der Waals surface area contributed by atoms with Crippen molar-refractivity contribution < 1.29 is 0 Å². The highest BCUT2D eigenvalue weighted by Crippen LogP contribution is 2.34. The molecule has 0 bridgehead atoms. The summed E-state index contributed by atoms with van der Waals surface area (Å²) in [5.41, 5.74) is 25.0. The number of hydrogen-bond acceptors (Lipinski definition) is 2. The molecule has 2 nitrogen and oxygen atoms in total. The normalized spacial score (nSPS) is 12.7. The maximum atomic E-state index is 6.02. The second-order valence-electron chi connectivity index (χ2n) is 13.7. The van der Waals surface area contributed by atoms with Crippen molar-refractivity contribution in [1.29, 1.82) is 0 Å². The number of hydrogen-bond donors (Lipinski definition) is 2. The van der Waals surface area contributed by atoms with Gasteiger partial charge in [0, 0.05) is 23.2 Å². The Kier molecular flexibility index (Phi) is 14.3. The molecule has 0 spiro atoms.